The number of benzene rings is 1. The molecule has 1 aliphatic heterocycles. The number of nitriles is 1. The van der Waals surface area contributed by atoms with E-state index in [9.17, 15) is 23.9 Å². The molecule has 2 aromatic heterocycles. The van der Waals surface area contributed by atoms with Crippen LogP contribution in [0.1, 0.15) is 73.5 Å². The van der Waals surface area contributed by atoms with E-state index < -0.39 is 17.9 Å². The molecule has 1 saturated heterocycles. The Hall–Kier alpha value is -3.17. The summed E-state index contributed by atoms with van der Waals surface area (Å²) in [5.74, 6) is 0.343. The maximum atomic E-state index is 13.1. The average molecular weight is 599 g/mol. The second-order valence-corrected chi connectivity index (χ2v) is 13.1. The second kappa shape index (κ2) is 13.9. The van der Waals surface area contributed by atoms with Gasteiger partial charge in [0.2, 0.25) is 5.95 Å². The van der Waals surface area contributed by atoms with Gasteiger partial charge < -0.3 is 15.0 Å². The van der Waals surface area contributed by atoms with Crippen molar-refractivity contribution < 1.29 is 18.7 Å². The topological polar surface area (TPSA) is 106 Å². The summed E-state index contributed by atoms with van der Waals surface area (Å²) in [5.41, 5.74) is 2.45. The predicted octanol–water partition coefficient (Wildman–Crippen LogP) is 6.11. The fourth-order valence-corrected chi connectivity index (χ4v) is 5.86. The van der Waals surface area contributed by atoms with Gasteiger partial charge >= 0.3 is 0 Å². The van der Waals surface area contributed by atoms with Crippen LogP contribution >= 0.6 is 11.3 Å². The summed E-state index contributed by atoms with van der Waals surface area (Å²) in [6.07, 6.45) is 2.20. The molecule has 8 nitrogen and oxygen atoms in total. The number of carbonyl (C=O) groups excluding carboxylic acids is 1. The van der Waals surface area contributed by atoms with Crippen LogP contribution in [0.2, 0.25) is 0 Å². The molecule has 4 rings (SSSR count). The Morgan fingerprint density at radius 2 is 2.10 bits per heavy atom. The number of nitrogens with one attached hydrogen (secondary N) is 2. The molecule has 0 radical (unpaired) electrons. The first-order chi connectivity index (χ1) is 19.9. The first kappa shape index (κ1) is 31.8. The van der Waals surface area contributed by atoms with E-state index in [1.807, 2.05) is 28.8 Å². The molecule has 1 aliphatic rings. The van der Waals surface area contributed by atoms with Crippen molar-refractivity contribution >= 4 is 34.2 Å². The molecule has 3 N–H and O–H groups in total. The molecule has 42 heavy (non-hydrogen) atoms. The number of imidazole rings is 1. The quantitative estimate of drug-likeness (QED) is 0.205. The predicted molar refractivity (Wildman–Crippen MR) is 163 cm³/mol. The highest BCUT2D eigenvalue weighted by molar-refractivity contribution is 7.14. The van der Waals surface area contributed by atoms with Crippen LogP contribution in [-0.2, 0) is 13.1 Å². The van der Waals surface area contributed by atoms with Crippen LogP contribution in [0.15, 0.2) is 42.0 Å². The second-order valence-electron chi connectivity index (χ2n) is 12.0. The van der Waals surface area contributed by atoms with Crippen molar-refractivity contribution in [2.24, 2.45) is 5.92 Å². The van der Waals surface area contributed by atoms with Crippen LogP contribution in [0, 0.1) is 17.2 Å². The van der Waals surface area contributed by atoms with Crippen LogP contribution in [-0.4, -0.2) is 56.7 Å². The molecule has 1 unspecified atom stereocenters. The van der Waals surface area contributed by atoms with Crippen molar-refractivity contribution in [1.29, 1.82) is 5.26 Å². The summed E-state index contributed by atoms with van der Waals surface area (Å²) in [4.78, 5) is 20.2. The highest BCUT2D eigenvalue weighted by Crippen LogP contribution is 2.29. The number of amides is 1. The lowest BCUT2D eigenvalue weighted by Gasteiger charge is -2.25. The number of aliphatic hydroxyl groups is 1. The van der Waals surface area contributed by atoms with Crippen molar-refractivity contribution in [1.82, 2.24) is 19.8 Å². The van der Waals surface area contributed by atoms with E-state index in [1.54, 1.807) is 13.8 Å². The lowest BCUT2D eigenvalue weighted by molar-refractivity contribution is 0.0795. The Labute approximate surface area is 250 Å². The molecular formula is C31H40F2N6O2S. The number of fused-ring (bicyclic) bond motifs is 1. The number of hydrogen-bond acceptors (Lipinski definition) is 7. The summed E-state index contributed by atoms with van der Waals surface area (Å²) in [7, 11) is 0. The Morgan fingerprint density at radius 3 is 2.76 bits per heavy atom. The number of aromatic nitrogens is 2. The molecular weight excluding hydrogens is 558 g/mol. The standard InChI is InChI=1S/C31H40F2N6O2S/c1-20(2)7-8-22(15-34)17-38-13-5-6-23(38)18-39-25-10-9-21(16-35-19-31(3,4)41)14-24(25)36-30(39)37-29(40)27-12-11-26(42-27)28(32)33/h8-12,14,20,23,28,35,41H,5-7,13,16-19H2,1-4H3,(H,36,37,40). The zero-order chi connectivity index (χ0) is 30.4. The molecule has 0 spiro atoms. The summed E-state index contributed by atoms with van der Waals surface area (Å²) in [5, 5.41) is 25.9. The van der Waals surface area contributed by atoms with Gasteiger partial charge in [0.1, 0.15) is 0 Å². The summed E-state index contributed by atoms with van der Waals surface area (Å²) in [6, 6.07) is 11.1. The van der Waals surface area contributed by atoms with E-state index in [0.29, 0.717) is 43.6 Å². The van der Waals surface area contributed by atoms with Crippen molar-refractivity contribution in [3.05, 3.63) is 57.3 Å². The van der Waals surface area contributed by atoms with E-state index in [2.05, 4.69) is 35.5 Å². The number of hydrogen-bond donors (Lipinski definition) is 3. The summed E-state index contributed by atoms with van der Waals surface area (Å²) >= 11 is 0.771. The van der Waals surface area contributed by atoms with Gasteiger partial charge in [-0.2, -0.15) is 5.26 Å². The average Bonchev–Trinajstić information content (AvgIpc) is 3.65. The normalized spacial score (nSPS) is 16.6. The van der Waals surface area contributed by atoms with Gasteiger partial charge in [-0.05, 0) is 75.4 Å². The van der Waals surface area contributed by atoms with Crippen LogP contribution < -0.4 is 10.6 Å². The van der Waals surface area contributed by atoms with Crippen LogP contribution in [0.4, 0.5) is 14.7 Å². The van der Waals surface area contributed by atoms with E-state index in [4.69, 9.17) is 4.98 Å². The molecule has 0 saturated carbocycles. The third-order valence-corrected chi connectivity index (χ3v) is 8.33. The number of anilines is 1. The Morgan fingerprint density at radius 1 is 1.31 bits per heavy atom. The molecule has 1 fully saturated rings. The number of thiophene rings is 1. The van der Waals surface area contributed by atoms with Crippen LogP contribution in [0.3, 0.4) is 0 Å². The molecule has 3 aromatic rings. The minimum atomic E-state index is -2.63. The minimum absolute atomic E-state index is 0.133. The number of halogens is 2. The van der Waals surface area contributed by atoms with Gasteiger partial charge in [-0.1, -0.05) is 26.0 Å². The molecule has 11 heteroatoms. The van der Waals surface area contributed by atoms with Gasteiger partial charge in [-0.25, -0.2) is 13.8 Å². The highest BCUT2D eigenvalue weighted by atomic mass is 32.1. The van der Waals surface area contributed by atoms with Crippen LogP contribution in [0.5, 0.6) is 0 Å². The Bertz CT molecular complexity index is 1450. The lowest BCUT2D eigenvalue weighted by atomic mass is 10.1. The van der Waals surface area contributed by atoms with E-state index >= 15 is 0 Å². The van der Waals surface area contributed by atoms with Crippen molar-refractivity contribution in [2.75, 3.05) is 25.0 Å². The number of allylic oxidation sites excluding steroid dienone is 1. The number of rotatable bonds is 13. The van der Waals surface area contributed by atoms with Gasteiger partial charge in [0, 0.05) is 37.8 Å². The number of nitrogens with zero attached hydrogens (tertiary/aromatic N) is 4. The van der Waals surface area contributed by atoms with E-state index in [0.717, 1.165) is 53.8 Å². The van der Waals surface area contributed by atoms with Gasteiger partial charge in [0.15, 0.2) is 0 Å². The van der Waals surface area contributed by atoms with Crippen molar-refractivity contribution in [3.63, 3.8) is 0 Å². The van der Waals surface area contributed by atoms with Gasteiger partial charge in [0.25, 0.3) is 12.3 Å². The molecule has 0 aliphatic carbocycles. The fraction of sp³-hybridized carbons (Fsp3) is 0.516. The van der Waals surface area contributed by atoms with E-state index in [1.165, 1.54) is 12.1 Å². The van der Waals surface area contributed by atoms with Gasteiger partial charge in [-0.3, -0.25) is 15.0 Å². The lowest BCUT2D eigenvalue weighted by Crippen LogP contribution is -2.35. The zero-order valence-electron chi connectivity index (χ0n) is 24.7. The monoisotopic (exact) mass is 598 g/mol. The molecule has 1 amide bonds. The van der Waals surface area contributed by atoms with Gasteiger partial charge in [-0.15, -0.1) is 11.3 Å². The molecule has 1 aromatic carbocycles. The summed E-state index contributed by atoms with van der Waals surface area (Å²) in [6.45, 7) is 10.7. The third kappa shape index (κ3) is 8.44. The zero-order valence-corrected chi connectivity index (χ0v) is 25.5. The van der Waals surface area contributed by atoms with Crippen molar-refractivity contribution in [2.45, 2.75) is 78.1 Å². The Kier molecular flexibility index (Phi) is 10.5. The Balaban J connectivity index is 1.61. The number of carbonyl (C=O) groups is 1. The van der Waals surface area contributed by atoms with Crippen molar-refractivity contribution in [3.8, 4) is 6.07 Å². The van der Waals surface area contributed by atoms with Crippen LogP contribution in [0.25, 0.3) is 11.0 Å². The molecule has 226 valence electrons. The SMILES string of the molecule is CC(C)CC=C(C#N)CN1CCCC1Cn1c(NC(=O)c2ccc(C(F)F)s2)nc2cc(CNCC(C)(C)O)ccc21. The fourth-order valence-electron chi connectivity index (χ4n) is 5.10. The highest BCUT2D eigenvalue weighted by Gasteiger charge is 2.28. The smallest absolute Gasteiger partial charge is 0.272 e. The first-order valence-electron chi connectivity index (χ1n) is 14.4. The number of alkyl halides is 2. The molecule has 3 heterocycles. The summed E-state index contributed by atoms with van der Waals surface area (Å²) < 4.78 is 28.3. The first-order valence-corrected chi connectivity index (χ1v) is 15.2. The maximum absolute atomic E-state index is 13.1. The van der Waals surface area contributed by atoms with Gasteiger partial charge in [0.05, 0.1) is 32.5 Å². The molecule has 0 bridgehead atoms. The van der Waals surface area contributed by atoms with E-state index in [-0.39, 0.29) is 15.8 Å². The maximum Gasteiger partial charge on any atom is 0.272 e. The largest absolute Gasteiger partial charge is 0.389 e. The third-order valence-electron chi connectivity index (χ3n) is 7.24. The molecule has 1 atom stereocenters. The minimum Gasteiger partial charge on any atom is -0.389 e. The number of likely N-dealkylation sites (tertiary alicyclic amines) is 1.